The number of hydrogen-bond acceptors (Lipinski definition) is 5. The Balaban J connectivity index is 1.77. The number of nitrogens with two attached hydrogens (primary N) is 1. The van der Waals surface area contributed by atoms with Gasteiger partial charge < -0.3 is 19.9 Å². The lowest BCUT2D eigenvalue weighted by atomic mass is 10.0. The normalized spacial score (nSPS) is 14.8. The molecule has 0 bridgehead atoms. The molecular weight excluding hydrogens is 470 g/mol. The van der Waals surface area contributed by atoms with E-state index in [4.69, 9.17) is 10.5 Å². The highest BCUT2D eigenvalue weighted by Gasteiger charge is 2.42. The lowest BCUT2D eigenvalue weighted by molar-refractivity contribution is -0.148. The molecule has 0 fully saturated rings. The first-order valence-corrected chi connectivity index (χ1v) is 10.3. The van der Waals surface area contributed by atoms with E-state index in [0.29, 0.717) is 12.1 Å². The minimum absolute atomic E-state index is 0.115. The van der Waals surface area contributed by atoms with Crippen molar-refractivity contribution in [3.8, 4) is 0 Å². The summed E-state index contributed by atoms with van der Waals surface area (Å²) in [6.07, 6.45) is -6.04. The van der Waals surface area contributed by atoms with Crippen LogP contribution in [0.25, 0.3) is 0 Å². The van der Waals surface area contributed by atoms with E-state index < -0.39 is 59.2 Å². The number of nitrogens with zero attached hydrogens (tertiary/aromatic N) is 3. The minimum atomic E-state index is -4.83. The number of halogens is 6. The Kier molecular flexibility index (Phi) is 7.24. The summed E-state index contributed by atoms with van der Waals surface area (Å²) in [6.45, 7) is 2.31. The van der Waals surface area contributed by atoms with Crippen LogP contribution in [0.15, 0.2) is 12.1 Å². The van der Waals surface area contributed by atoms with Gasteiger partial charge in [0.25, 0.3) is 0 Å². The third-order valence-electron chi connectivity index (χ3n) is 5.16. The van der Waals surface area contributed by atoms with E-state index in [9.17, 15) is 35.9 Å². The molecule has 3 rings (SSSR count). The van der Waals surface area contributed by atoms with Crippen LogP contribution in [0.5, 0.6) is 0 Å². The standard InChI is InChI=1S/C21H22F6N4O3/c1-10(2)34-19(33)18-16-9-30(3-4-31(16)20(29-18)21(25,26)27)17(32)7-12(28)5-11-6-14(23)15(24)8-13(11)22/h6,8,10,12H,3-5,7,9,28H2,1-2H3. The van der Waals surface area contributed by atoms with Gasteiger partial charge in [-0.1, -0.05) is 0 Å². The van der Waals surface area contributed by atoms with Gasteiger partial charge in [0.05, 0.1) is 18.3 Å². The number of amides is 1. The number of imidazole rings is 1. The second kappa shape index (κ2) is 9.65. The highest BCUT2D eigenvalue weighted by atomic mass is 19.4. The van der Waals surface area contributed by atoms with Crippen LogP contribution in [-0.4, -0.2) is 45.0 Å². The second-order valence-electron chi connectivity index (χ2n) is 8.18. The first-order valence-electron chi connectivity index (χ1n) is 10.3. The van der Waals surface area contributed by atoms with Gasteiger partial charge in [0.1, 0.15) is 5.82 Å². The first kappa shape index (κ1) is 25.5. The average Bonchev–Trinajstić information content (AvgIpc) is 3.11. The van der Waals surface area contributed by atoms with Gasteiger partial charge in [-0.3, -0.25) is 4.79 Å². The summed E-state index contributed by atoms with van der Waals surface area (Å²) in [5.41, 5.74) is 5.01. The molecule has 2 aromatic rings. The summed E-state index contributed by atoms with van der Waals surface area (Å²) in [5, 5.41) is 0. The quantitative estimate of drug-likeness (QED) is 0.380. The lowest BCUT2D eigenvalue weighted by Crippen LogP contribution is -2.42. The molecule has 0 radical (unpaired) electrons. The smallest absolute Gasteiger partial charge is 0.449 e. The molecule has 7 nitrogen and oxygen atoms in total. The number of hydrogen-bond donors (Lipinski definition) is 1. The third kappa shape index (κ3) is 5.51. The van der Waals surface area contributed by atoms with E-state index >= 15 is 0 Å². The second-order valence-corrected chi connectivity index (χ2v) is 8.18. The number of alkyl halides is 3. The van der Waals surface area contributed by atoms with Crippen molar-refractivity contribution in [2.24, 2.45) is 5.73 Å². The van der Waals surface area contributed by atoms with Crippen molar-refractivity contribution >= 4 is 11.9 Å². The maximum Gasteiger partial charge on any atom is 0.449 e. The molecule has 1 atom stereocenters. The van der Waals surface area contributed by atoms with Crippen LogP contribution >= 0.6 is 0 Å². The van der Waals surface area contributed by atoms with E-state index in [1.807, 2.05) is 0 Å². The average molecular weight is 492 g/mol. The molecule has 13 heteroatoms. The van der Waals surface area contributed by atoms with Crippen LogP contribution in [-0.2, 0) is 35.2 Å². The number of ether oxygens (including phenoxy) is 1. The summed E-state index contributed by atoms with van der Waals surface area (Å²) < 4.78 is 86.4. The summed E-state index contributed by atoms with van der Waals surface area (Å²) in [5.74, 6) is -6.53. The number of rotatable bonds is 6. The van der Waals surface area contributed by atoms with Gasteiger partial charge in [0.15, 0.2) is 17.3 Å². The van der Waals surface area contributed by atoms with Crippen LogP contribution in [0.2, 0.25) is 0 Å². The number of carbonyl (C=O) groups excluding carboxylic acids is 2. The first-order chi connectivity index (χ1) is 15.8. The Labute approximate surface area is 190 Å². The van der Waals surface area contributed by atoms with Gasteiger partial charge in [-0.15, -0.1) is 0 Å². The zero-order valence-corrected chi connectivity index (χ0v) is 18.3. The molecule has 2 heterocycles. The van der Waals surface area contributed by atoms with Crippen molar-refractivity contribution in [2.75, 3.05) is 6.54 Å². The van der Waals surface area contributed by atoms with Gasteiger partial charge in [-0.2, -0.15) is 13.2 Å². The predicted octanol–water partition coefficient (Wildman–Crippen LogP) is 3.19. The molecule has 0 spiro atoms. The van der Waals surface area contributed by atoms with Crippen molar-refractivity contribution in [3.63, 3.8) is 0 Å². The Morgan fingerprint density at radius 2 is 1.76 bits per heavy atom. The Morgan fingerprint density at radius 1 is 1.12 bits per heavy atom. The molecular formula is C21H22F6N4O3. The highest BCUT2D eigenvalue weighted by Crippen LogP contribution is 2.33. The van der Waals surface area contributed by atoms with E-state index in [1.165, 1.54) is 18.7 Å². The lowest BCUT2D eigenvalue weighted by Gasteiger charge is -2.30. The van der Waals surface area contributed by atoms with Crippen LogP contribution in [0.1, 0.15) is 47.8 Å². The third-order valence-corrected chi connectivity index (χ3v) is 5.16. The highest BCUT2D eigenvalue weighted by molar-refractivity contribution is 5.89. The van der Waals surface area contributed by atoms with Crippen LogP contribution in [0.4, 0.5) is 26.3 Å². The fourth-order valence-corrected chi connectivity index (χ4v) is 3.66. The number of aromatic nitrogens is 2. The molecule has 1 aliphatic heterocycles. The molecule has 1 aromatic heterocycles. The molecule has 186 valence electrons. The predicted molar refractivity (Wildman–Crippen MR) is 106 cm³/mol. The van der Waals surface area contributed by atoms with Crippen molar-refractivity contribution in [2.45, 2.75) is 58.1 Å². The van der Waals surface area contributed by atoms with Crippen LogP contribution < -0.4 is 5.73 Å². The van der Waals surface area contributed by atoms with Gasteiger partial charge in [0.2, 0.25) is 11.7 Å². The topological polar surface area (TPSA) is 90.5 Å². The van der Waals surface area contributed by atoms with E-state index in [0.717, 1.165) is 4.57 Å². The molecule has 0 saturated carbocycles. The zero-order chi connectivity index (χ0) is 25.4. The molecule has 1 aliphatic rings. The summed E-state index contributed by atoms with van der Waals surface area (Å²) in [6, 6.07) is 0.0515. The van der Waals surface area contributed by atoms with Crippen molar-refractivity contribution in [3.05, 3.63) is 52.4 Å². The van der Waals surface area contributed by atoms with Crippen molar-refractivity contribution in [1.82, 2.24) is 14.5 Å². The number of benzene rings is 1. The summed E-state index contributed by atoms with van der Waals surface area (Å²) in [4.78, 5) is 29.7. The number of fused-ring (bicyclic) bond motifs is 1. The molecule has 1 aromatic carbocycles. The SMILES string of the molecule is CC(C)OC(=O)c1nc(C(F)(F)F)n2c1CN(C(=O)CC(N)Cc1cc(F)c(F)cc1F)CC2. The summed E-state index contributed by atoms with van der Waals surface area (Å²) >= 11 is 0. The monoisotopic (exact) mass is 492 g/mol. The fourth-order valence-electron chi connectivity index (χ4n) is 3.66. The zero-order valence-electron chi connectivity index (χ0n) is 18.3. The Morgan fingerprint density at radius 3 is 2.38 bits per heavy atom. The maximum absolute atomic E-state index is 13.9. The molecule has 1 unspecified atom stereocenters. The largest absolute Gasteiger partial charge is 0.458 e. The van der Waals surface area contributed by atoms with Gasteiger partial charge in [0, 0.05) is 31.6 Å². The molecule has 0 aliphatic carbocycles. The Bertz CT molecular complexity index is 1100. The molecule has 2 N–H and O–H groups in total. The van der Waals surface area contributed by atoms with Crippen LogP contribution in [0.3, 0.4) is 0 Å². The molecule has 34 heavy (non-hydrogen) atoms. The number of esters is 1. The molecule has 0 saturated heterocycles. The number of carbonyl (C=O) groups is 2. The van der Waals surface area contributed by atoms with Crippen molar-refractivity contribution in [1.29, 1.82) is 0 Å². The fraction of sp³-hybridized carbons (Fsp3) is 0.476. The molecule has 1 amide bonds. The van der Waals surface area contributed by atoms with Crippen molar-refractivity contribution < 1.29 is 40.7 Å². The van der Waals surface area contributed by atoms with E-state index in [1.54, 1.807) is 0 Å². The van der Waals surface area contributed by atoms with Gasteiger partial charge in [-0.05, 0) is 31.9 Å². The summed E-state index contributed by atoms with van der Waals surface area (Å²) in [7, 11) is 0. The van der Waals surface area contributed by atoms with E-state index in [2.05, 4.69) is 4.98 Å². The van der Waals surface area contributed by atoms with Gasteiger partial charge in [-0.25, -0.2) is 22.9 Å². The van der Waals surface area contributed by atoms with E-state index in [-0.39, 0.29) is 43.7 Å². The van der Waals surface area contributed by atoms with Gasteiger partial charge >= 0.3 is 12.1 Å². The Hall–Kier alpha value is -3.09. The maximum atomic E-state index is 13.9. The minimum Gasteiger partial charge on any atom is -0.458 e. The van der Waals surface area contributed by atoms with Crippen LogP contribution in [0, 0.1) is 17.5 Å².